The molecule has 0 spiro atoms. The summed E-state index contributed by atoms with van der Waals surface area (Å²) in [6.45, 7) is 0.525. The highest BCUT2D eigenvalue weighted by Gasteiger charge is 2.26. The molecule has 5 nitrogen and oxygen atoms in total. The predicted octanol–water partition coefficient (Wildman–Crippen LogP) is 3.82. The van der Waals surface area contributed by atoms with Gasteiger partial charge in [-0.05, 0) is 42.3 Å². The Morgan fingerprint density at radius 3 is 2.54 bits per heavy atom. The van der Waals surface area contributed by atoms with Crippen molar-refractivity contribution in [1.82, 2.24) is 4.98 Å². The molecule has 0 aliphatic carbocycles. The first-order chi connectivity index (χ1) is 13.5. The number of carbonyl (C=O) groups excluding carboxylic acids is 2. The van der Waals surface area contributed by atoms with Gasteiger partial charge < -0.3 is 10.2 Å². The first kappa shape index (κ1) is 17.8. The van der Waals surface area contributed by atoms with Crippen molar-refractivity contribution in [2.75, 3.05) is 16.8 Å². The molecule has 2 heterocycles. The van der Waals surface area contributed by atoms with Gasteiger partial charge in [0.25, 0.3) is 11.8 Å². The fourth-order valence-electron chi connectivity index (χ4n) is 3.18. The second kappa shape index (κ2) is 7.19. The Labute approximate surface area is 159 Å². The topological polar surface area (TPSA) is 62.3 Å². The Morgan fingerprint density at radius 2 is 1.75 bits per heavy atom. The number of amides is 2. The van der Waals surface area contributed by atoms with E-state index in [9.17, 15) is 18.4 Å². The third-order valence-corrected chi connectivity index (χ3v) is 4.57. The van der Waals surface area contributed by atoms with E-state index in [-0.39, 0.29) is 17.2 Å². The molecule has 0 bridgehead atoms. The molecule has 1 aliphatic rings. The molecule has 1 aromatic heterocycles. The van der Waals surface area contributed by atoms with E-state index in [0.717, 1.165) is 29.8 Å². The number of carbonyl (C=O) groups is 2. The minimum atomic E-state index is -0.882. The van der Waals surface area contributed by atoms with Crippen LogP contribution in [-0.2, 0) is 6.42 Å². The van der Waals surface area contributed by atoms with Crippen molar-refractivity contribution < 1.29 is 18.4 Å². The van der Waals surface area contributed by atoms with Crippen LogP contribution in [0.4, 0.5) is 20.2 Å². The van der Waals surface area contributed by atoms with Gasteiger partial charge in [0.1, 0.15) is 23.0 Å². The molecule has 0 saturated carbocycles. The van der Waals surface area contributed by atoms with Gasteiger partial charge in [-0.3, -0.25) is 14.6 Å². The Hall–Kier alpha value is -3.61. The number of anilines is 2. The summed E-state index contributed by atoms with van der Waals surface area (Å²) in [5.41, 5.74) is 1.51. The number of nitrogens with one attached hydrogen (secondary N) is 1. The van der Waals surface area contributed by atoms with Crippen LogP contribution in [0.15, 0.2) is 60.8 Å². The molecule has 140 valence electrons. The molecule has 0 atom stereocenters. The van der Waals surface area contributed by atoms with Crippen LogP contribution in [0.25, 0.3) is 0 Å². The van der Waals surface area contributed by atoms with Gasteiger partial charge in [-0.2, -0.15) is 0 Å². The summed E-state index contributed by atoms with van der Waals surface area (Å²) in [7, 11) is 0. The minimum Gasteiger partial charge on any atom is -0.317 e. The lowest BCUT2D eigenvalue weighted by Crippen LogP contribution is -2.30. The van der Waals surface area contributed by atoms with E-state index >= 15 is 0 Å². The van der Waals surface area contributed by atoms with Gasteiger partial charge in [-0.1, -0.05) is 24.3 Å². The van der Waals surface area contributed by atoms with Crippen LogP contribution in [0, 0.1) is 11.6 Å². The number of halogens is 2. The highest BCUT2D eigenvalue weighted by atomic mass is 19.1. The first-order valence-electron chi connectivity index (χ1n) is 8.66. The third kappa shape index (κ3) is 3.22. The molecule has 4 rings (SSSR count). The molecular weight excluding hydrogens is 364 g/mol. The van der Waals surface area contributed by atoms with Gasteiger partial charge in [-0.25, -0.2) is 8.78 Å². The van der Waals surface area contributed by atoms with Gasteiger partial charge >= 0.3 is 0 Å². The molecule has 0 saturated heterocycles. The van der Waals surface area contributed by atoms with E-state index in [1.165, 1.54) is 24.4 Å². The summed E-state index contributed by atoms with van der Waals surface area (Å²) in [5.74, 6) is -2.83. The minimum absolute atomic E-state index is 0.0773. The van der Waals surface area contributed by atoms with Gasteiger partial charge in [0.2, 0.25) is 0 Å². The van der Waals surface area contributed by atoms with Crippen molar-refractivity contribution in [2.24, 2.45) is 0 Å². The van der Waals surface area contributed by atoms with Gasteiger partial charge in [0.15, 0.2) is 0 Å². The lowest BCUT2D eigenvalue weighted by Gasteiger charge is -2.17. The average molecular weight is 379 g/mol. The summed E-state index contributed by atoms with van der Waals surface area (Å²) in [6.07, 6.45) is 2.07. The van der Waals surface area contributed by atoms with Crippen LogP contribution >= 0.6 is 0 Å². The Balaban J connectivity index is 1.58. The molecule has 28 heavy (non-hydrogen) atoms. The number of nitrogens with zero attached hydrogens (tertiary/aromatic N) is 2. The lowest BCUT2D eigenvalue weighted by atomic mass is 10.1. The number of benzene rings is 2. The number of hydrogen-bond donors (Lipinski definition) is 1. The maximum Gasteiger partial charge on any atom is 0.276 e. The summed E-state index contributed by atoms with van der Waals surface area (Å²) in [6, 6.07) is 13.6. The number of para-hydroxylation sites is 2. The Bertz CT molecular complexity index is 1060. The summed E-state index contributed by atoms with van der Waals surface area (Å²) < 4.78 is 27.5. The second-order valence-electron chi connectivity index (χ2n) is 6.32. The number of rotatable bonds is 3. The number of hydrogen-bond acceptors (Lipinski definition) is 3. The van der Waals surface area contributed by atoms with Crippen molar-refractivity contribution in [3.05, 3.63) is 89.2 Å². The monoisotopic (exact) mass is 379 g/mol. The van der Waals surface area contributed by atoms with Crippen LogP contribution in [0.3, 0.4) is 0 Å². The fraction of sp³-hybridized carbons (Fsp3) is 0.0952. The molecule has 1 aliphatic heterocycles. The van der Waals surface area contributed by atoms with E-state index in [2.05, 4.69) is 10.3 Å². The molecule has 0 fully saturated rings. The first-order valence-corrected chi connectivity index (χ1v) is 8.66. The second-order valence-corrected chi connectivity index (χ2v) is 6.32. The van der Waals surface area contributed by atoms with Crippen LogP contribution in [-0.4, -0.2) is 23.3 Å². The highest BCUT2D eigenvalue weighted by molar-refractivity contribution is 6.09. The molecule has 2 aromatic carbocycles. The zero-order chi connectivity index (χ0) is 19.7. The predicted molar refractivity (Wildman–Crippen MR) is 100 cm³/mol. The quantitative estimate of drug-likeness (QED) is 0.753. The SMILES string of the molecule is O=C(Nc1c(F)cccc1F)c1ccnc(C(=O)N2CCc3ccccc32)c1. The summed E-state index contributed by atoms with van der Waals surface area (Å²) in [5, 5.41) is 2.20. The van der Waals surface area contributed by atoms with E-state index in [1.54, 1.807) is 4.90 Å². The molecule has 2 amide bonds. The van der Waals surface area contributed by atoms with Gasteiger partial charge in [0, 0.05) is 24.0 Å². The van der Waals surface area contributed by atoms with Crippen molar-refractivity contribution >= 4 is 23.2 Å². The average Bonchev–Trinajstić information content (AvgIpc) is 3.14. The van der Waals surface area contributed by atoms with Crippen molar-refractivity contribution in [3.8, 4) is 0 Å². The standard InChI is InChI=1S/C21H15F2N3O2/c22-15-5-3-6-16(23)19(15)25-20(27)14-8-10-24-17(12-14)21(28)26-11-9-13-4-1-2-7-18(13)26/h1-8,10,12H,9,11H2,(H,25,27). The Morgan fingerprint density at radius 1 is 1.00 bits per heavy atom. The molecule has 0 radical (unpaired) electrons. The Kier molecular flexibility index (Phi) is 4.57. The number of pyridine rings is 1. The number of fused-ring (bicyclic) bond motifs is 1. The van der Waals surface area contributed by atoms with Crippen LogP contribution in [0.5, 0.6) is 0 Å². The van der Waals surface area contributed by atoms with Crippen LogP contribution in [0.1, 0.15) is 26.4 Å². The van der Waals surface area contributed by atoms with E-state index in [1.807, 2.05) is 24.3 Å². The third-order valence-electron chi connectivity index (χ3n) is 4.57. The normalized spacial score (nSPS) is 12.6. The van der Waals surface area contributed by atoms with Gasteiger partial charge in [-0.15, -0.1) is 0 Å². The van der Waals surface area contributed by atoms with Crippen molar-refractivity contribution in [1.29, 1.82) is 0 Å². The largest absolute Gasteiger partial charge is 0.317 e. The molecule has 7 heteroatoms. The molecule has 1 N–H and O–H groups in total. The van der Waals surface area contributed by atoms with Crippen molar-refractivity contribution in [3.63, 3.8) is 0 Å². The zero-order valence-electron chi connectivity index (χ0n) is 14.7. The van der Waals surface area contributed by atoms with Crippen LogP contribution in [0.2, 0.25) is 0 Å². The molecular formula is C21H15F2N3O2. The maximum atomic E-state index is 13.8. The fourth-order valence-corrected chi connectivity index (χ4v) is 3.18. The molecule has 0 unspecified atom stereocenters. The molecule has 3 aromatic rings. The van der Waals surface area contributed by atoms with E-state index < -0.39 is 23.2 Å². The lowest BCUT2D eigenvalue weighted by molar-refractivity contribution is 0.0984. The highest BCUT2D eigenvalue weighted by Crippen LogP contribution is 2.28. The van der Waals surface area contributed by atoms with E-state index in [0.29, 0.717) is 6.54 Å². The van der Waals surface area contributed by atoms with Gasteiger partial charge in [0.05, 0.1) is 0 Å². The smallest absolute Gasteiger partial charge is 0.276 e. The maximum absolute atomic E-state index is 13.8. The van der Waals surface area contributed by atoms with E-state index in [4.69, 9.17) is 0 Å². The summed E-state index contributed by atoms with van der Waals surface area (Å²) in [4.78, 5) is 30.9. The van der Waals surface area contributed by atoms with Crippen LogP contribution < -0.4 is 10.2 Å². The zero-order valence-corrected chi connectivity index (χ0v) is 14.7. The van der Waals surface area contributed by atoms with Crippen molar-refractivity contribution in [2.45, 2.75) is 6.42 Å². The number of aromatic nitrogens is 1. The summed E-state index contributed by atoms with van der Waals surface area (Å²) >= 11 is 0.